The van der Waals surface area contributed by atoms with Gasteiger partial charge in [-0.05, 0) is 37.4 Å². The first-order chi connectivity index (χ1) is 19.5. The van der Waals surface area contributed by atoms with Gasteiger partial charge in [0.2, 0.25) is 0 Å². The zero-order valence-corrected chi connectivity index (χ0v) is 24.6. The third-order valence-corrected chi connectivity index (χ3v) is 7.53. The second kappa shape index (κ2) is 15.5. The van der Waals surface area contributed by atoms with Crippen LogP contribution in [0.4, 0.5) is 5.82 Å². The molecule has 1 aromatic heterocycles. The number of anilines is 1. The molecule has 8 nitrogen and oxygen atoms in total. The average Bonchev–Trinajstić information content (AvgIpc) is 2.97. The Morgan fingerprint density at radius 3 is 2.60 bits per heavy atom. The van der Waals surface area contributed by atoms with Crippen molar-refractivity contribution in [3.8, 4) is 0 Å². The first kappa shape index (κ1) is 29.7. The Bertz CT molecular complexity index is 1250. The fraction of sp³-hybridized carbons (Fsp3) is 0.387. The van der Waals surface area contributed by atoms with Crippen LogP contribution in [0.15, 0.2) is 71.9 Å². The van der Waals surface area contributed by atoms with Crippen LogP contribution in [0.25, 0.3) is 6.08 Å². The van der Waals surface area contributed by atoms with Gasteiger partial charge in [0, 0.05) is 70.3 Å². The summed E-state index contributed by atoms with van der Waals surface area (Å²) in [4.78, 5) is 29.0. The van der Waals surface area contributed by atoms with Crippen molar-refractivity contribution in [2.75, 3.05) is 71.9 Å². The highest BCUT2D eigenvalue weighted by atomic mass is 32.2. The van der Waals surface area contributed by atoms with Crippen LogP contribution in [0.2, 0.25) is 0 Å². The number of methoxy groups -OCH3 is 1. The summed E-state index contributed by atoms with van der Waals surface area (Å²) in [6.45, 7) is 6.59. The number of aromatic nitrogens is 2. The first-order valence-electron chi connectivity index (χ1n) is 13.7. The molecule has 3 aromatic rings. The highest BCUT2D eigenvalue weighted by Crippen LogP contribution is 2.24. The third-order valence-electron chi connectivity index (χ3n) is 6.61. The van der Waals surface area contributed by atoms with Gasteiger partial charge in [-0.3, -0.25) is 9.69 Å². The number of nitrogens with zero attached hydrogens (tertiary/aromatic N) is 5. The van der Waals surface area contributed by atoms with E-state index >= 15 is 0 Å². The number of nitrogens with one attached hydrogen (secondary N) is 1. The molecule has 1 aliphatic rings. The number of likely N-dealkylation sites (N-methyl/N-ethyl adjacent to an activating group) is 1. The van der Waals surface area contributed by atoms with E-state index in [-0.39, 0.29) is 5.91 Å². The minimum absolute atomic E-state index is 0.0518. The molecule has 0 radical (unpaired) electrons. The predicted octanol–water partition coefficient (Wildman–Crippen LogP) is 4.04. The minimum atomic E-state index is -0.0518. The van der Waals surface area contributed by atoms with Gasteiger partial charge in [-0.1, -0.05) is 66.4 Å². The Morgan fingerprint density at radius 2 is 1.85 bits per heavy atom. The number of carbonyl (C=O) groups is 1. The smallest absolute Gasteiger partial charge is 0.251 e. The van der Waals surface area contributed by atoms with E-state index in [1.54, 1.807) is 18.9 Å². The maximum absolute atomic E-state index is 12.5. The monoisotopic (exact) mass is 560 g/mol. The molecular formula is C31H40N6O2S. The number of ether oxygens (including phenoxy) is 1. The molecule has 4 rings (SSSR count). The van der Waals surface area contributed by atoms with Crippen molar-refractivity contribution in [3.05, 3.63) is 89.1 Å². The van der Waals surface area contributed by atoms with Crippen LogP contribution in [0.5, 0.6) is 0 Å². The van der Waals surface area contributed by atoms with Gasteiger partial charge in [-0.25, -0.2) is 9.97 Å². The molecule has 2 heterocycles. The number of piperazine rings is 1. The van der Waals surface area contributed by atoms with E-state index in [1.165, 1.54) is 5.56 Å². The number of amides is 1. The van der Waals surface area contributed by atoms with Gasteiger partial charge >= 0.3 is 0 Å². The molecule has 0 bridgehead atoms. The second-order valence-corrected chi connectivity index (χ2v) is 11.0. The summed E-state index contributed by atoms with van der Waals surface area (Å²) < 4.78 is 5.39. The van der Waals surface area contributed by atoms with E-state index in [4.69, 9.17) is 14.7 Å². The summed E-state index contributed by atoms with van der Waals surface area (Å²) in [6.07, 6.45) is 4.42. The molecule has 1 N–H and O–H groups in total. The van der Waals surface area contributed by atoms with Crippen molar-refractivity contribution >= 4 is 29.6 Å². The molecule has 2 aromatic carbocycles. The Labute approximate surface area is 242 Å². The average molecular weight is 561 g/mol. The lowest BCUT2D eigenvalue weighted by atomic mass is 10.1. The van der Waals surface area contributed by atoms with Crippen molar-refractivity contribution in [3.63, 3.8) is 0 Å². The predicted molar refractivity (Wildman–Crippen MR) is 164 cm³/mol. The highest BCUT2D eigenvalue weighted by Gasteiger charge is 2.19. The third kappa shape index (κ3) is 9.45. The molecule has 1 fully saturated rings. The molecule has 0 spiro atoms. The largest absolute Gasteiger partial charge is 0.378 e. The topological polar surface area (TPSA) is 73.8 Å². The first-order valence-corrected chi connectivity index (χ1v) is 14.7. The maximum Gasteiger partial charge on any atom is 0.251 e. The zero-order valence-electron chi connectivity index (χ0n) is 23.8. The highest BCUT2D eigenvalue weighted by molar-refractivity contribution is 7.98. The van der Waals surface area contributed by atoms with Crippen molar-refractivity contribution in [1.82, 2.24) is 25.1 Å². The second-order valence-electron chi connectivity index (χ2n) is 10.1. The van der Waals surface area contributed by atoms with Crippen LogP contribution >= 0.6 is 11.8 Å². The lowest BCUT2D eigenvalue weighted by Crippen LogP contribution is -2.46. The Morgan fingerprint density at radius 1 is 1.05 bits per heavy atom. The number of thioether (sulfide) groups is 1. The van der Waals surface area contributed by atoms with E-state index < -0.39 is 0 Å². The molecule has 40 heavy (non-hydrogen) atoms. The molecular weight excluding hydrogens is 520 g/mol. The minimum Gasteiger partial charge on any atom is -0.378 e. The van der Waals surface area contributed by atoms with Crippen molar-refractivity contribution in [2.24, 2.45) is 0 Å². The molecule has 1 aliphatic heterocycles. The molecule has 0 unspecified atom stereocenters. The number of hydrogen-bond donors (Lipinski definition) is 1. The molecule has 1 saturated heterocycles. The summed E-state index contributed by atoms with van der Waals surface area (Å²) in [5, 5.41) is 3.70. The zero-order chi connectivity index (χ0) is 28.2. The van der Waals surface area contributed by atoms with Gasteiger partial charge in [0.25, 0.3) is 5.91 Å². The lowest BCUT2D eigenvalue weighted by molar-refractivity contribution is 0.0951. The fourth-order valence-corrected chi connectivity index (χ4v) is 5.23. The molecule has 212 valence electrons. The Hall–Kier alpha value is -3.24. The number of rotatable bonds is 13. The summed E-state index contributed by atoms with van der Waals surface area (Å²) in [6, 6.07) is 20.2. The van der Waals surface area contributed by atoms with Crippen LogP contribution in [-0.2, 0) is 17.1 Å². The van der Waals surface area contributed by atoms with Gasteiger partial charge < -0.3 is 19.9 Å². The van der Waals surface area contributed by atoms with Gasteiger partial charge in [-0.2, -0.15) is 0 Å². The number of carbonyl (C=O) groups excluding carboxylic acids is 1. The maximum atomic E-state index is 12.5. The van der Waals surface area contributed by atoms with Crippen molar-refractivity contribution in [2.45, 2.75) is 17.5 Å². The van der Waals surface area contributed by atoms with Crippen LogP contribution < -0.4 is 10.2 Å². The summed E-state index contributed by atoms with van der Waals surface area (Å²) in [5.41, 5.74) is 3.83. The van der Waals surface area contributed by atoms with Gasteiger partial charge in [0.05, 0.1) is 12.3 Å². The fourth-order valence-electron chi connectivity index (χ4n) is 4.41. The quantitative estimate of drug-likeness (QED) is 0.248. The number of benzene rings is 2. The van der Waals surface area contributed by atoms with E-state index in [0.29, 0.717) is 24.5 Å². The summed E-state index contributed by atoms with van der Waals surface area (Å²) in [5.74, 6) is 1.57. The molecule has 1 amide bonds. The number of hydrogen-bond acceptors (Lipinski definition) is 8. The summed E-state index contributed by atoms with van der Waals surface area (Å²) >= 11 is 1.58. The van der Waals surface area contributed by atoms with E-state index in [2.05, 4.69) is 51.5 Å². The van der Waals surface area contributed by atoms with E-state index in [9.17, 15) is 4.79 Å². The molecule has 9 heteroatoms. The molecule has 0 atom stereocenters. The summed E-state index contributed by atoms with van der Waals surface area (Å²) in [7, 11) is 5.67. The normalized spacial score (nSPS) is 14.2. The van der Waals surface area contributed by atoms with E-state index in [0.717, 1.165) is 61.5 Å². The van der Waals surface area contributed by atoms with Gasteiger partial charge in [0.15, 0.2) is 5.16 Å². The van der Waals surface area contributed by atoms with Crippen molar-refractivity contribution in [1.29, 1.82) is 0 Å². The van der Waals surface area contributed by atoms with Crippen LogP contribution in [-0.4, -0.2) is 92.7 Å². The van der Waals surface area contributed by atoms with Gasteiger partial charge in [0.1, 0.15) is 5.82 Å². The molecule has 0 saturated carbocycles. The van der Waals surface area contributed by atoms with E-state index in [1.807, 2.05) is 55.4 Å². The SMILES string of the molecule is COCc1cc(N2CCN(C/C=C/c3ccccc3)CC2)nc(SCc2cccc(C(=O)NCCN(C)C)c2)n1. The Balaban J connectivity index is 1.34. The van der Waals surface area contributed by atoms with Crippen molar-refractivity contribution < 1.29 is 9.53 Å². The Kier molecular flexibility index (Phi) is 11.5. The van der Waals surface area contributed by atoms with Crippen LogP contribution in [0, 0.1) is 0 Å². The van der Waals surface area contributed by atoms with Crippen LogP contribution in [0.3, 0.4) is 0 Å². The molecule has 0 aliphatic carbocycles. The van der Waals surface area contributed by atoms with Crippen LogP contribution in [0.1, 0.15) is 27.2 Å². The standard InChI is InChI=1S/C31H40N6O2S/c1-35(2)16-14-32-30(38)27-13-7-11-26(21-27)24-40-31-33-28(23-39-3)22-29(34-31)37-19-17-36(18-20-37)15-8-12-25-9-5-4-6-10-25/h4-13,21-22H,14-20,23-24H2,1-3H3,(H,32,38)/b12-8+. The lowest BCUT2D eigenvalue weighted by Gasteiger charge is -2.35. The van der Waals surface area contributed by atoms with Gasteiger partial charge in [-0.15, -0.1) is 0 Å².